The van der Waals surface area contributed by atoms with Crippen molar-refractivity contribution in [3.8, 4) is 0 Å². The third-order valence-corrected chi connectivity index (χ3v) is 4.01. The molecule has 0 unspecified atom stereocenters. The van der Waals surface area contributed by atoms with E-state index in [1.807, 2.05) is 0 Å². The highest BCUT2D eigenvalue weighted by molar-refractivity contribution is 5.04. The molecule has 18 heavy (non-hydrogen) atoms. The highest BCUT2D eigenvalue weighted by atomic mass is 16.5. The summed E-state index contributed by atoms with van der Waals surface area (Å²) >= 11 is 0. The molecule has 1 saturated carbocycles. The lowest BCUT2D eigenvalue weighted by atomic mass is 9.78. The predicted molar refractivity (Wildman–Crippen MR) is 71.0 cm³/mol. The number of hydrogen-bond acceptors (Lipinski definition) is 4. The SMILES string of the molecule is CC(C)CCc1noc(C2(N)CCC(C)CC2)n1. The van der Waals surface area contributed by atoms with Gasteiger partial charge in [-0.2, -0.15) is 4.98 Å². The first-order chi connectivity index (χ1) is 8.49. The molecule has 0 saturated heterocycles. The average molecular weight is 251 g/mol. The van der Waals surface area contributed by atoms with Crippen LogP contribution in [0.25, 0.3) is 0 Å². The standard InChI is InChI=1S/C14H25N3O/c1-10(2)4-5-12-16-13(18-17-12)14(15)8-6-11(3)7-9-14/h10-11H,4-9,15H2,1-3H3. The summed E-state index contributed by atoms with van der Waals surface area (Å²) in [5, 5.41) is 4.06. The Kier molecular flexibility index (Phi) is 4.05. The van der Waals surface area contributed by atoms with Gasteiger partial charge in [-0.1, -0.05) is 25.9 Å². The van der Waals surface area contributed by atoms with E-state index in [1.54, 1.807) is 0 Å². The molecule has 0 spiro atoms. The first-order valence-electron chi connectivity index (χ1n) is 7.11. The van der Waals surface area contributed by atoms with Gasteiger partial charge in [-0.25, -0.2) is 0 Å². The number of rotatable bonds is 4. The molecule has 4 nitrogen and oxygen atoms in total. The Labute approximate surface area is 109 Å². The van der Waals surface area contributed by atoms with Gasteiger partial charge in [-0.05, 0) is 43.9 Å². The summed E-state index contributed by atoms with van der Waals surface area (Å²) in [6, 6.07) is 0. The molecule has 1 aromatic rings. The molecule has 2 N–H and O–H groups in total. The fourth-order valence-electron chi connectivity index (χ4n) is 2.47. The molecule has 0 radical (unpaired) electrons. The van der Waals surface area contributed by atoms with Crippen LogP contribution in [0.1, 0.15) is 64.6 Å². The lowest BCUT2D eigenvalue weighted by molar-refractivity contribution is 0.190. The minimum atomic E-state index is -0.379. The van der Waals surface area contributed by atoms with Crippen LogP contribution in [0, 0.1) is 11.8 Å². The van der Waals surface area contributed by atoms with Crippen molar-refractivity contribution in [2.45, 2.75) is 64.8 Å². The van der Waals surface area contributed by atoms with E-state index < -0.39 is 0 Å². The first-order valence-corrected chi connectivity index (χ1v) is 7.11. The number of nitrogens with zero attached hydrogens (tertiary/aromatic N) is 2. The second kappa shape index (κ2) is 5.39. The van der Waals surface area contributed by atoms with Crippen LogP contribution in [0.4, 0.5) is 0 Å². The first kappa shape index (κ1) is 13.5. The van der Waals surface area contributed by atoms with E-state index >= 15 is 0 Å². The molecule has 1 fully saturated rings. The normalized spacial score (nSPS) is 28.8. The maximum Gasteiger partial charge on any atom is 0.246 e. The summed E-state index contributed by atoms with van der Waals surface area (Å²) in [6.45, 7) is 6.68. The van der Waals surface area contributed by atoms with E-state index in [-0.39, 0.29) is 5.54 Å². The topological polar surface area (TPSA) is 64.9 Å². The lowest BCUT2D eigenvalue weighted by Gasteiger charge is -2.32. The van der Waals surface area contributed by atoms with Gasteiger partial charge in [-0.3, -0.25) is 0 Å². The Balaban J connectivity index is 2.00. The largest absolute Gasteiger partial charge is 0.337 e. The van der Waals surface area contributed by atoms with Gasteiger partial charge in [0.1, 0.15) is 0 Å². The van der Waals surface area contributed by atoms with Crippen LogP contribution in [0.5, 0.6) is 0 Å². The van der Waals surface area contributed by atoms with Crippen molar-refractivity contribution in [1.29, 1.82) is 0 Å². The van der Waals surface area contributed by atoms with Gasteiger partial charge < -0.3 is 10.3 Å². The number of aromatic nitrogens is 2. The van der Waals surface area contributed by atoms with Crippen molar-refractivity contribution >= 4 is 0 Å². The van der Waals surface area contributed by atoms with Gasteiger partial charge in [-0.15, -0.1) is 0 Å². The summed E-state index contributed by atoms with van der Waals surface area (Å²) < 4.78 is 5.39. The van der Waals surface area contributed by atoms with E-state index in [0.717, 1.165) is 50.3 Å². The number of nitrogens with two attached hydrogens (primary N) is 1. The molecule has 0 atom stereocenters. The molecule has 4 heteroatoms. The summed E-state index contributed by atoms with van der Waals surface area (Å²) in [6.07, 6.45) is 6.20. The molecule has 0 amide bonds. The Morgan fingerprint density at radius 3 is 2.67 bits per heavy atom. The van der Waals surface area contributed by atoms with Crippen molar-refractivity contribution in [3.63, 3.8) is 0 Å². The molecule has 2 rings (SSSR count). The van der Waals surface area contributed by atoms with Crippen LogP contribution in [0.15, 0.2) is 4.52 Å². The second-order valence-electron chi connectivity index (χ2n) is 6.29. The molecule has 102 valence electrons. The fraction of sp³-hybridized carbons (Fsp3) is 0.857. The van der Waals surface area contributed by atoms with Gasteiger partial charge in [0.2, 0.25) is 5.89 Å². The second-order valence-corrected chi connectivity index (χ2v) is 6.29. The summed E-state index contributed by atoms with van der Waals surface area (Å²) in [5.41, 5.74) is 6.04. The van der Waals surface area contributed by atoms with E-state index in [4.69, 9.17) is 10.3 Å². The minimum Gasteiger partial charge on any atom is -0.337 e. The summed E-state index contributed by atoms with van der Waals surface area (Å²) in [7, 11) is 0. The van der Waals surface area contributed by atoms with Crippen molar-refractivity contribution in [2.24, 2.45) is 17.6 Å². The van der Waals surface area contributed by atoms with Crippen LogP contribution in [-0.2, 0) is 12.0 Å². The molecule has 1 aromatic heterocycles. The molecule has 0 bridgehead atoms. The Morgan fingerprint density at radius 2 is 2.06 bits per heavy atom. The third kappa shape index (κ3) is 3.10. The molecule has 0 aromatic carbocycles. The maximum atomic E-state index is 6.42. The van der Waals surface area contributed by atoms with E-state index in [2.05, 4.69) is 30.9 Å². The van der Waals surface area contributed by atoms with Crippen LogP contribution in [0.2, 0.25) is 0 Å². The average Bonchev–Trinajstić information content (AvgIpc) is 2.80. The van der Waals surface area contributed by atoms with E-state index in [9.17, 15) is 0 Å². The molecule has 1 heterocycles. The van der Waals surface area contributed by atoms with Crippen molar-refractivity contribution < 1.29 is 4.52 Å². The van der Waals surface area contributed by atoms with Gasteiger partial charge in [0.05, 0.1) is 5.54 Å². The zero-order valence-corrected chi connectivity index (χ0v) is 11.8. The fourth-order valence-corrected chi connectivity index (χ4v) is 2.47. The Hall–Kier alpha value is -0.900. The molecule has 1 aliphatic rings. The molecule has 1 aliphatic carbocycles. The van der Waals surface area contributed by atoms with Crippen molar-refractivity contribution in [1.82, 2.24) is 10.1 Å². The third-order valence-electron chi connectivity index (χ3n) is 4.01. The van der Waals surface area contributed by atoms with Crippen LogP contribution in [-0.4, -0.2) is 10.1 Å². The van der Waals surface area contributed by atoms with E-state index in [0.29, 0.717) is 11.8 Å². The van der Waals surface area contributed by atoms with Gasteiger partial charge in [0.15, 0.2) is 5.82 Å². The highest BCUT2D eigenvalue weighted by Crippen LogP contribution is 2.36. The van der Waals surface area contributed by atoms with Gasteiger partial charge >= 0.3 is 0 Å². The van der Waals surface area contributed by atoms with Gasteiger partial charge in [0, 0.05) is 6.42 Å². The summed E-state index contributed by atoms with van der Waals surface area (Å²) in [5.74, 6) is 2.88. The van der Waals surface area contributed by atoms with Crippen LogP contribution < -0.4 is 5.73 Å². The predicted octanol–water partition coefficient (Wildman–Crippen LogP) is 3.02. The molecular formula is C14H25N3O. The number of hydrogen-bond donors (Lipinski definition) is 1. The summed E-state index contributed by atoms with van der Waals surface area (Å²) in [4.78, 5) is 4.50. The molecule has 0 aliphatic heterocycles. The van der Waals surface area contributed by atoms with Crippen LogP contribution >= 0.6 is 0 Å². The molecular weight excluding hydrogens is 226 g/mol. The zero-order valence-electron chi connectivity index (χ0n) is 11.8. The lowest BCUT2D eigenvalue weighted by Crippen LogP contribution is -2.40. The highest BCUT2D eigenvalue weighted by Gasteiger charge is 2.36. The quantitative estimate of drug-likeness (QED) is 0.893. The van der Waals surface area contributed by atoms with Crippen LogP contribution in [0.3, 0.4) is 0 Å². The zero-order chi connectivity index (χ0) is 13.2. The maximum absolute atomic E-state index is 6.42. The van der Waals surface area contributed by atoms with Crippen molar-refractivity contribution in [3.05, 3.63) is 11.7 Å². The number of aryl methyl sites for hydroxylation is 1. The van der Waals surface area contributed by atoms with Crippen molar-refractivity contribution in [2.75, 3.05) is 0 Å². The Morgan fingerprint density at radius 1 is 1.39 bits per heavy atom. The monoisotopic (exact) mass is 251 g/mol. The van der Waals surface area contributed by atoms with Gasteiger partial charge in [0.25, 0.3) is 0 Å². The minimum absolute atomic E-state index is 0.379. The Bertz CT molecular complexity index is 378. The van der Waals surface area contributed by atoms with E-state index in [1.165, 1.54) is 0 Å². The smallest absolute Gasteiger partial charge is 0.246 e.